The highest BCUT2D eigenvalue weighted by Crippen LogP contribution is 2.43. The molecule has 1 N–H and O–H groups in total. The summed E-state index contributed by atoms with van der Waals surface area (Å²) >= 11 is 0. The van der Waals surface area contributed by atoms with Gasteiger partial charge in [0.25, 0.3) is 0 Å². The normalized spacial score (nSPS) is 16.1. The fraction of sp³-hybridized carbons (Fsp3) is 0.409. The summed E-state index contributed by atoms with van der Waals surface area (Å²) in [6.07, 6.45) is -5.71. The van der Waals surface area contributed by atoms with E-state index in [1.165, 1.54) is 6.92 Å². The average molecular weight is 531 g/mol. The molecule has 1 saturated carbocycles. The number of sulfonamides is 1. The molecule has 0 saturated heterocycles. The van der Waals surface area contributed by atoms with Gasteiger partial charge in [0.1, 0.15) is 22.7 Å². The molecule has 3 heterocycles. The number of pyridine rings is 2. The van der Waals surface area contributed by atoms with Crippen LogP contribution >= 0.6 is 0 Å². The van der Waals surface area contributed by atoms with Crippen LogP contribution in [0.5, 0.6) is 0 Å². The van der Waals surface area contributed by atoms with Gasteiger partial charge in [0.15, 0.2) is 0 Å². The van der Waals surface area contributed by atoms with Crippen LogP contribution in [0.1, 0.15) is 48.9 Å². The first-order valence-electron chi connectivity index (χ1n) is 10.7. The molecule has 0 bridgehead atoms. The number of nitriles is 1. The van der Waals surface area contributed by atoms with E-state index in [1.54, 1.807) is 9.29 Å². The molecule has 0 spiro atoms. The van der Waals surface area contributed by atoms with Crippen LogP contribution in [0.3, 0.4) is 0 Å². The predicted octanol–water partition coefficient (Wildman–Crippen LogP) is 5.25. The number of alkyl halides is 6. The minimum atomic E-state index is -4.80. The van der Waals surface area contributed by atoms with Gasteiger partial charge in [0.2, 0.25) is 10.0 Å². The molecule has 0 aromatic carbocycles. The molecule has 0 aliphatic heterocycles. The number of nitrogens with zero attached hydrogens (tertiary/aromatic N) is 4. The smallest absolute Gasteiger partial charge is 0.320 e. The summed E-state index contributed by atoms with van der Waals surface area (Å²) < 4.78 is 107. The van der Waals surface area contributed by atoms with Gasteiger partial charge in [-0.3, -0.25) is 4.98 Å². The van der Waals surface area contributed by atoms with E-state index in [4.69, 9.17) is 0 Å². The predicted molar refractivity (Wildman–Crippen MR) is 116 cm³/mol. The van der Waals surface area contributed by atoms with E-state index >= 15 is 0 Å². The van der Waals surface area contributed by atoms with Crippen molar-refractivity contribution in [1.29, 1.82) is 5.26 Å². The molecule has 0 radical (unpaired) electrons. The topological polar surface area (TPSA) is 101 Å². The zero-order valence-electron chi connectivity index (χ0n) is 18.9. The summed E-state index contributed by atoms with van der Waals surface area (Å²) in [4.78, 5) is 7.61. The van der Waals surface area contributed by atoms with E-state index in [-0.39, 0.29) is 39.6 Å². The Bertz CT molecular complexity index is 1480. The average Bonchev–Trinajstić information content (AvgIpc) is 3.04. The zero-order valence-corrected chi connectivity index (χ0v) is 19.7. The maximum atomic E-state index is 13.3. The molecular weight excluding hydrogens is 512 g/mol. The monoisotopic (exact) mass is 531 g/mol. The lowest BCUT2D eigenvalue weighted by molar-refractivity contribution is -0.147. The van der Waals surface area contributed by atoms with Gasteiger partial charge in [0, 0.05) is 23.8 Å². The van der Waals surface area contributed by atoms with E-state index in [2.05, 4.69) is 9.97 Å². The number of nitrogens with one attached hydrogen (secondary N) is 1. The first-order chi connectivity index (χ1) is 16.6. The van der Waals surface area contributed by atoms with Crippen LogP contribution in [-0.2, 0) is 16.2 Å². The molecule has 1 atom stereocenters. The maximum absolute atomic E-state index is 13.3. The van der Waals surface area contributed by atoms with Crippen molar-refractivity contribution in [1.82, 2.24) is 19.3 Å². The van der Waals surface area contributed by atoms with E-state index in [0.29, 0.717) is 26.0 Å². The Hall–Kier alpha value is -3.18. The Morgan fingerprint density at radius 3 is 2.31 bits per heavy atom. The second-order valence-electron chi connectivity index (χ2n) is 8.60. The molecule has 0 unspecified atom stereocenters. The van der Waals surface area contributed by atoms with Crippen LogP contribution in [-0.4, -0.2) is 35.2 Å². The molecule has 1 aliphatic carbocycles. The minimum Gasteiger partial charge on any atom is -0.320 e. The summed E-state index contributed by atoms with van der Waals surface area (Å²) in [5.41, 5.74) is -0.466. The Morgan fingerprint density at radius 2 is 1.81 bits per heavy atom. The molecule has 36 heavy (non-hydrogen) atoms. The number of aromatic nitrogens is 3. The lowest BCUT2D eigenvalue weighted by Crippen LogP contribution is -2.43. The Balaban J connectivity index is 1.89. The van der Waals surface area contributed by atoms with Gasteiger partial charge >= 0.3 is 12.4 Å². The number of aryl methyl sites for hydroxylation is 1. The van der Waals surface area contributed by atoms with Crippen molar-refractivity contribution in [2.45, 2.75) is 62.4 Å². The minimum absolute atomic E-state index is 0.0206. The van der Waals surface area contributed by atoms with E-state index in [1.807, 2.05) is 6.07 Å². The van der Waals surface area contributed by atoms with Gasteiger partial charge in [-0.25, -0.2) is 13.4 Å². The Kier molecular flexibility index (Phi) is 6.28. The van der Waals surface area contributed by atoms with Gasteiger partial charge in [-0.15, -0.1) is 0 Å². The van der Waals surface area contributed by atoms with Gasteiger partial charge in [0.05, 0.1) is 22.5 Å². The molecular formula is C22H19F6N5O2S. The highest BCUT2D eigenvalue weighted by molar-refractivity contribution is 7.89. The Labute approximate surface area is 201 Å². The largest absolute Gasteiger partial charge is 0.417 e. The number of fused-ring (bicyclic) bond motifs is 1. The molecule has 0 amide bonds. The van der Waals surface area contributed by atoms with Gasteiger partial charge in [-0.05, 0) is 50.8 Å². The number of rotatable bonds is 5. The number of hydrogen-bond acceptors (Lipinski definition) is 5. The zero-order chi connectivity index (χ0) is 26.6. The number of halogens is 6. The van der Waals surface area contributed by atoms with Gasteiger partial charge < -0.3 is 4.57 Å². The second-order valence-corrected chi connectivity index (χ2v) is 10.3. The molecule has 4 rings (SSSR count). The first kappa shape index (κ1) is 25.9. The molecule has 1 aliphatic rings. The maximum Gasteiger partial charge on any atom is 0.417 e. The molecule has 1 fully saturated rings. The van der Waals surface area contributed by atoms with Crippen molar-refractivity contribution in [2.24, 2.45) is 0 Å². The SMILES string of the molecule is Cc1cc(S(=O)(=O)N[C@@H](C)C(F)(F)F)cnc1-c1c(C#N)c2cc(C(F)(F)F)cnc2n1C1CCC1. The van der Waals surface area contributed by atoms with Crippen molar-refractivity contribution >= 4 is 21.1 Å². The molecule has 192 valence electrons. The molecule has 7 nitrogen and oxygen atoms in total. The fourth-order valence-electron chi connectivity index (χ4n) is 4.00. The van der Waals surface area contributed by atoms with Crippen LogP contribution in [0.15, 0.2) is 29.4 Å². The third-order valence-corrected chi connectivity index (χ3v) is 7.64. The van der Waals surface area contributed by atoms with Crippen molar-refractivity contribution in [3.63, 3.8) is 0 Å². The number of hydrogen-bond donors (Lipinski definition) is 1. The highest BCUT2D eigenvalue weighted by atomic mass is 32.2. The van der Waals surface area contributed by atoms with Crippen molar-refractivity contribution in [3.05, 3.63) is 41.2 Å². The lowest BCUT2D eigenvalue weighted by Gasteiger charge is -2.29. The van der Waals surface area contributed by atoms with E-state index < -0.39 is 38.9 Å². The first-order valence-corrected chi connectivity index (χ1v) is 12.2. The quantitative estimate of drug-likeness (QED) is 0.453. The summed E-state index contributed by atoms with van der Waals surface area (Å²) in [7, 11) is -4.59. The third kappa shape index (κ3) is 4.53. The van der Waals surface area contributed by atoms with Crippen LogP contribution in [0, 0.1) is 18.3 Å². The Morgan fingerprint density at radius 1 is 1.14 bits per heavy atom. The summed E-state index contributed by atoms with van der Waals surface area (Å²) in [6.45, 7) is 2.11. The van der Waals surface area contributed by atoms with Gasteiger partial charge in [-0.1, -0.05) is 0 Å². The second kappa shape index (κ2) is 8.74. The van der Waals surface area contributed by atoms with Crippen molar-refractivity contribution in [3.8, 4) is 17.5 Å². The van der Waals surface area contributed by atoms with E-state index in [0.717, 1.165) is 24.8 Å². The van der Waals surface area contributed by atoms with Crippen LogP contribution in [0.25, 0.3) is 22.4 Å². The summed E-state index contributed by atoms with van der Waals surface area (Å²) in [5.74, 6) is 0. The van der Waals surface area contributed by atoms with Crippen LogP contribution in [0.4, 0.5) is 26.3 Å². The van der Waals surface area contributed by atoms with Crippen molar-refractivity contribution in [2.75, 3.05) is 0 Å². The van der Waals surface area contributed by atoms with Crippen LogP contribution in [0.2, 0.25) is 0 Å². The molecule has 14 heteroatoms. The van der Waals surface area contributed by atoms with E-state index in [9.17, 15) is 40.0 Å². The fourth-order valence-corrected chi connectivity index (χ4v) is 5.26. The summed E-state index contributed by atoms with van der Waals surface area (Å²) in [6, 6.07) is 1.37. The molecule has 3 aromatic heterocycles. The van der Waals surface area contributed by atoms with Crippen molar-refractivity contribution < 1.29 is 34.8 Å². The summed E-state index contributed by atoms with van der Waals surface area (Å²) in [5, 5.41) is 9.87. The standard InChI is InChI=1S/C22H19F6N5O2S/c1-11-6-15(36(34,35)32-12(2)21(23,24)25)10-30-18(11)19-17(8-29)16-7-13(22(26,27)28)9-31-20(16)33(19)14-4-3-5-14/h6-7,9-10,12,14,32H,3-5H2,1-2H3/t12-/m0/s1. The lowest BCUT2D eigenvalue weighted by atomic mass is 9.92. The third-order valence-electron chi connectivity index (χ3n) is 6.13. The van der Waals surface area contributed by atoms with Crippen LogP contribution < -0.4 is 4.72 Å². The van der Waals surface area contributed by atoms with Gasteiger partial charge in [-0.2, -0.15) is 36.3 Å². The molecule has 3 aromatic rings. The highest BCUT2D eigenvalue weighted by Gasteiger charge is 2.39.